The van der Waals surface area contributed by atoms with Crippen LogP contribution < -0.4 is 5.32 Å². The van der Waals surface area contributed by atoms with Gasteiger partial charge in [0.05, 0.1) is 12.1 Å². The predicted molar refractivity (Wildman–Crippen MR) is 40.9 cm³/mol. The van der Waals surface area contributed by atoms with Gasteiger partial charge in [0.25, 0.3) is 0 Å². The molecule has 13 heavy (non-hydrogen) atoms. The van der Waals surface area contributed by atoms with E-state index < -0.39 is 11.9 Å². The lowest BCUT2D eigenvalue weighted by atomic mass is 10.3. The highest BCUT2D eigenvalue weighted by molar-refractivity contribution is 5.82. The Bertz CT molecular complexity index is 293. The lowest BCUT2D eigenvalue weighted by Crippen LogP contribution is -2.30. The number of carbonyl (C=O) groups excluding carboxylic acids is 1. The number of carboxylic acids is 1. The second kappa shape index (κ2) is 4.24. The van der Waals surface area contributed by atoms with E-state index in [9.17, 15) is 9.59 Å². The minimum Gasteiger partial charge on any atom is -0.480 e. The van der Waals surface area contributed by atoms with Gasteiger partial charge in [0.15, 0.2) is 0 Å². The Kier molecular flexibility index (Phi) is 3.02. The van der Waals surface area contributed by atoms with Gasteiger partial charge in [-0.05, 0) is 0 Å². The molecule has 0 aromatic carbocycles. The monoisotopic (exact) mass is 184 g/mol. The van der Waals surface area contributed by atoms with E-state index in [1.54, 1.807) is 6.07 Å². The molecule has 0 atom stereocenters. The molecule has 1 heterocycles. The number of hydrogen-bond donors (Lipinski definition) is 2. The number of nitrogens with zero attached hydrogens (tertiary/aromatic N) is 1. The lowest BCUT2D eigenvalue weighted by Gasteiger charge is -1.98. The summed E-state index contributed by atoms with van der Waals surface area (Å²) in [4.78, 5) is 21.0. The van der Waals surface area contributed by atoms with Crippen LogP contribution in [0.5, 0.6) is 0 Å². The van der Waals surface area contributed by atoms with Crippen LogP contribution in [0.4, 0.5) is 0 Å². The summed E-state index contributed by atoms with van der Waals surface area (Å²) in [6.07, 6.45) is 1.38. The van der Waals surface area contributed by atoms with Crippen molar-refractivity contribution in [3.63, 3.8) is 0 Å². The van der Waals surface area contributed by atoms with Crippen LogP contribution in [0.15, 0.2) is 16.9 Å². The van der Waals surface area contributed by atoms with Gasteiger partial charge in [-0.25, -0.2) is 0 Å². The Labute approximate surface area is 73.5 Å². The number of carboxylic acid groups (broad SMARTS) is 1. The maximum absolute atomic E-state index is 11.0. The van der Waals surface area contributed by atoms with E-state index in [4.69, 9.17) is 5.11 Å². The summed E-state index contributed by atoms with van der Waals surface area (Å²) in [6, 6.07) is 1.54. The molecule has 6 nitrogen and oxygen atoms in total. The van der Waals surface area contributed by atoms with Crippen molar-refractivity contribution in [3.05, 3.63) is 18.0 Å². The lowest BCUT2D eigenvalue weighted by molar-refractivity contribution is -0.137. The van der Waals surface area contributed by atoms with Crippen LogP contribution in [0, 0.1) is 0 Å². The first kappa shape index (κ1) is 9.24. The molecule has 70 valence electrons. The highest BCUT2D eigenvalue weighted by atomic mass is 16.5. The fourth-order valence-corrected chi connectivity index (χ4v) is 0.730. The quantitative estimate of drug-likeness (QED) is 0.652. The van der Waals surface area contributed by atoms with Crippen LogP contribution >= 0.6 is 0 Å². The second-order valence-corrected chi connectivity index (χ2v) is 2.34. The average molecular weight is 184 g/mol. The minimum atomic E-state index is -1.08. The molecule has 1 aromatic heterocycles. The van der Waals surface area contributed by atoms with E-state index >= 15 is 0 Å². The van der Waals surface area contributed by atoms with E-state index in [0.717, 1.165) is 0 Å². The third-order valence-corrected chi connectivity index (χ3v) is 1.27. The largest absolute Gasteiger partial charge is 0.480 e. The van der Waals surface area contributed by atoms with Crippen molar-refractivity contribution in [1.29, 1.82) is 0 Å². The number of amides is 1. The van der Waals surface area contributed by atoms with Crippen molar-refractivity contribution in [2.75, 3.05) is 6.54 Å². The Balaban J connectivity index is 2.30. The van der Waals surface area contributed by atoms with Gasteiger partial charge >= 0.3 is 5.97 Å². The fraction of sp³-hybridized carbons (Fsp3) is 0.286. The van der Waals surface area contributed by atoms with Crippen LogP contribution in [-0.2, 0) is 16.0 Å². The molecule has 0 aliphatic carbocycles. The van der Waals surface area contributed by atoms with Gasteiger partial charge in [0.2, 0.25) is 5.91 Å². The standard InChI is InChI=1S/C7H8N2O4/c10-6(8-4-7(11)12)3-5-1-2-13-9-5/h1-2H,3-4H2,(H,8,10)(H,11,12). The highest BCUT2D eigenvalue weighted by Gasteiger charge is 2.06. The summed E-state index contributed by atoms with van der Waals surface area (Å²) < 4.78 is 4.49. The molecule has 2 N–H and O–H groups in total. The highest BCUT2D eigenvalue weighted by Crippen LogP contribution is 1.94. The smallest absolute Gasteiger partial charge is 0.322 e. The van der Waals surface area contributed by atoms with Gasteiger partial charge in [-0.2, -0.15) is 0 Å². The first-order valence-corrected chi connectivity index (χ1v) is 3.56. The van der Waals surface area contributed by atoms with Crippen LogP contribution in [0.3, 0.4) is 0 Å². The molecule has 6 heteroatoms. The SMILES string of the molecule is O=C(O)CNC(=O)Cc1ccon1. The van der Waals surface area contributed by atoms with Crippen molar-refractivity contribution in [2.24, 2.45) is 0 Å². The molecule has 0 saturated carbocycles. The Hall–Kier alpha value is -1.85. The van der Waals surface area contributed by atoms with Gasteiger partial charge in [0, 0.05) is 6.07 Å². The van der Waals surface area contributed by atoms with Crippen LogP contribution in [0.25, 0.3) is 0 Å². The second-order valence-electron chi connectivity index (χ2n) is 2.34. The zero-order chi connectivity index (χ0) is 9.68. The van der Waals surface area contributed by atoms with E-state index in [2.05, 4.69) is 15.0 Å². The van der Waals surface area contributed by atoms with E-state index in [-0.39, 0.29) is 13.0 Å². The summed E-state index contributed by atoms with van der Waals surface area (Å²) in [7, 11) is 0. The van der Waals surface area contributed by atoms with Crippen LogP contribution in [0.2, 0.25) is 0 Å². The van der Waals surface area contributed by atoms with Crippen molar-refractivity contribution < 1.29 is 19.2 Å². The topological polar surface area (TPSA) is 92.4 Å². The molecule has 0 fully saturated rings. The summed E-state index contributed by atoms with van der Waals surface area (Å²) in [5.74, 6) is -1.47. The van der Waals surface area contributed by atoms with Crippen LogP contribution in [-0.4, -0.2) is 28.7 Å². The average Bonchev–Trinajstić information content (AvgIpc) is 2.53. The normalized spacial score (nSPS) is 9.54. The van der Waals surface area contributed by atoms with E-state index in [1.165, 1.54) is 6.26 Å². The third kappa shape index (κ3) is 3.37. The third-order valence-electron chi connectivity index (χ3n) is 1.27. The molecule has 1 aromatic rings. The predicted octanol–water partition coefficient (Wildman–Crippen LogP) is -0.582. The summed E-state index contributed by atoms with van der Waals surface area (Å²) in [6.45, 7) is -0.378. The number of rotatable bonds is 4. The number of hydrogen-bond acceptors (Lipinski definition) is 4. The Morgan fingerprint density at radius 3 is 2.92 bits per heavy atom. The van der Waals surface area contributed by atoms with Crippen molar-refractivity contribution in [3.8, 4) is 0 Å². The minimum absolute atomic E-state index is 0.0315. The van der Waals surface area contributed by atoms with E-state index in [1.807, 2.05) is 0 Å². The van der Waals surface area contributed by atoms with Crippen molar-refractivity contribution in [2.45, 2.75) is 6.42 Å². The van der Waals surface area contributed by atoms with Gasteiger partial charge in [-0.1, -0.05) is 5.16 Å². The Morgan fingerprint density at radius 1 is 1.62 bits per heavy atom. The maximum atomic E-state index is 11.0. The zero-order valence-corrected chi connectivity index (χ0v) is 6.69. The molecule has 0 bridgehead atoms. The van der Waals surface area contributed by atoms with Gasteiger partial charge < -0.3 is 14.9 Å². The molecule has 0 aliphatic heterocycles. The van der Waals surface area contributed by atoms with Gasteiger partial charge in [-0.15, -0.1) is 0 Å². The van der Waals surface area contributed by atoms with Gasteiger partial charge in [0.1, 0.15) is 12.8 Å². The number of nitrogens with one attached hydrogen (secondary N) is 1. The first-order chi connectivity index (χ1) is 6.18. The number of aromatic nitrogens is 1. The summed E-state index contributed by atoms with van der Waals surface area (Å²) in [5, 5.41) is 13.9. The molecular weight excluding hydrogens is 176 g/mol. The van der Waals surface area contributed by atoms with Crippen molar-refractivity contribution in [1.82, 2.24) is 10.5 Å². The zero-order valence-electron chi connectivity index (χ0n) is 6.69. The molecule has 0 saturated heterocycles. The molecule has 0 unspecified atom stereocenters. The maximum Gasteiger partial charge on any atom is 0.322 e. The molecular formula is C7H8N2O4. The number of aliphatic carboxylic acids is 1. The number of carbonyl (C=O) groups is 2. The first-order valence-electron chi connectivity index (χ1n) is 3.56. The fourth-order valence-electron chi connectivity index (χ4n) is 0.730. The summed E-state index contributed by atoms with van der Waals surface area (Å²) in [5.41, 5.74) is 0.475. The molecule has 0 radical (unpaired) electrons. The van der Waals surface area contributed by atoms with Crippen LogP contribution in [0.1, 0.15) is 5.69 Å². The van der Waals surface area contributed by atoms with Crippen molar-refractivity contribution >= 4 is 11.9 Å². The molecule has 1 rings (SSSR count). The van der Waals surface area contributed by atoms with E-state index in [0.29, 0.717) is 5.69 Å². The summed E-state index contributed by atoms with van der Waals surface area (Å²) >= 11 is 0. The van der Waals surface area contributed by atoms with Gasteiger partial charge in [-0.3, -0.25) is 9.59 Å². The molecule has 0 spiro atoms. The Morgan fingerprint density at radius 2 is 2.38 bits per heavy atom. The molecule has 1 amide bonds. The molecule has 0 aliphatic rings.